The first kappa shape index (κ1) is 13.5. The van der Waals surface area contributed by atoms with Gasteiger partial charge in [-0.2, -0.15) is 0 Å². The van der Waals surface area contributed by atoms with Gasteiger partial charge in [0, 0.05) is 12.1 Å². The van der Waals surface area contributed by atoms with Crippen molar-refractivity contribution in [3.05, 3.63) is 35.4 Å². The minimum atomic E-state index is -0.484. The lowest BCUT2D eigenvalue weighted by atomic mass is 9.89. The van der Waals surface area contributed by atoms with Crippen LogP contribution >= 0.6 is 0 Å². The summed E-state index contributed by atoms with van der Waals surface area (Å²) in [5.41, 5.74) is 0.754. The Morgan fingerprint density at radius 3 is 2.28 bits per heavy atom. The van der Waals surface area contributed by atoms with E-state index in [1.807, 2.05) is 0 Å². The summed E-state index contributed by atoms with van der Waals surface area (Å²) in [5, 5.41) is 3.50. The number of benzene rings is 1. The molecule has 100 valence electrons. The first-order valence-corrected chi connectivity index (χ1v) is 6.73. The van der Waals surface area contributed by atoms with Gasteiger partial charge in [0.1, 0.15) is 11.6 Å². The predicted octanol–water partition coefficient (Wildman–Crippen LogP) is 3.53. The molecule has 1 N–H and O–H groups in total. The molecular weight excluding hydrogens is 232 g/mol. The van der Waals surface area contributed by atoms with Gasteiger partial charge in [0.15, 0.2) is 0 Å². The summed E-state index contributed by atoms with van der Waals surface area (Å²) in [4.78, 5) is 0. The number of nitrogens with one attached hydrogen (secondary N) is 1. The standard InChI is InChI=1S/C15H21F2N/c1-10(2)12(9-18-15-3-4-15)5-11-6-13(16)8-14(17)7-11/h6-8,10,12,15,18H,3-5,9H2,1-2H3. The molecule has 0 aromatic heterocycles. The van der Waals surface area contributed by atoms with Crippen molar-refractivity contribution >= 4 is 0 Å². The molecule has 2 rings (SSSR count). The Morgan fingerprint density at radius 1 is 1.17 bits per heavy atom. The molecule has 0 radical (unpaired) electrons. The highest BCUT2D eigenvalue weighted by molar-refractivity contribution is 5.18. The van der Waals surface area contributed by atoms with E-state index < -0.39 is 11.6 Å². The zero-order valence-electron chi connectivity index (χ0n) is 11.0. The largest absolute Gasteiger partial charge is 0.314 e. The molecule has 1 aromatic carbocycles. The van der Waals surface area contributed by atoms with Gasteiger partial charge in [-0.25, -0.2) is 8.78 Å². The van der Waals surface area contributed by atoms with Crippen LogP contribution in [0.2, 0.25) is 0 Å². The molecule has 0 spiro atoms. The summed E-state index contributed by atoms with van der Waals surface area (Å²) in [5.74, 6) is -0.0419. The van der Waals surface area contributed by atoms with Gasteiger partial charge in [0.05, 0.1) is 0 Å². The van der Waals surface area contributed by atoms with Crippen molar-refractivity contribution < 1.29 is 8.78 Å². The fourth-order valence-electron chi connectivity index (χ4n) is 2.18. The highest BCUT2D eigenvalue weighted by Gasteiger charge is 2.23. The van der Waals surface area contributed by atoms with E-state index in [9.17, 15) is 8.78 Å². The minimum absolute atomic E-state index is 0.423. The minimum Gasteiger partial charge on any atom is -0.314 e. The highest BCUT2D eigenvalue weighted by Crippen LogP contribution is 2.22. The summed E-state index contributed by atoms with van der Waals surface area (Å²) in [7, 11) is 0. The van der Waals surface area contributed by atoms with Crippen molar-refractivity contribution in [3.63, 3.8) is 0 Å². The number of rotatable bonds is 6. The maximum Gasteiger partial charge on any atom is 0.126 e. The van der Waals surface area contributed by atoms with Crippen molar-refractivity contribution in [2.45, 2.75) is 39.2 Å². The van der Waals surface area contributed by atoms with E-state index in [1.54, 1.807) is 0 Å². The molecule has 1 unspecified atom stereocenters. The van der Waals surface area contributed by atoms with E-state index in [2.05, 4.69) is 19.2 Å². The van der Waals surface area contributed by atoms with Crippen LogP contribution in [0.25, 0.3) is 0 Å². The summed E-state index contributed by atoms with van der Waals surface area (Å²) in [6, 6.07) is 4.48. The summed E-state index contributed by atoms with van der Waals surface area (Å²) in [6.07, 6.45) is 3.25. The van der Waals surface area contributed by atoms with Gasteiger partial charge in [0.2, 0.25) is 0 Å². The zero-order valence-corrected chi connectivity index (χ0v) is 11.0. The van der Waals surface area contributed by atoms with Gasteiger partial charge in [0.25, 0.3) is 0 Å². The molecular formula is C15H21F2N. The second-order valence-corrected chi connectivity index (χ2v) is 5.67. The Balaban J connectivity index is 1.97. The zero-order chi connectivity index (χ0) is 13.1. The van der Waals surface area contributed by atoms with Gasteiger partial charge < -0.3 is 5.32 Å². The smallest absolute Gasteiger partial charge is 0.126 e. The van der Waals surface area contributed by atoms with Crippen LogP contribution in [0.5, 0.6) is 0 Å². The summed E-state index contributed by atoms with van der Waals surface area (Å²) in [6.45, 7) is 5.25. The molecule has 0 bridgehead atoms. The van der Waals surface area contributed by atoms with Crippen molar-refractivity contribution in [1.82, 2.24) is 5.32 Å². The predicted molar refractivity (Wildman–Crippen MR) is 69.4 cm³/mol. The SMILES string of the molecule is CC(C)C(CNC1CC1)Cc1cc(F)cc(F)c1. The average Bonchev–Trinajstić information content (AvgIpc) is 3.06. The molecule has 0 saturated heterocycles. The normalized spacial score (nSPS) is 17.2. The van der Waals surface area contributed by atoms with E-state index in [4.69, 9.17) is 0 Å². The number of halogens is 2. The molecule has 0 heterocycles. The van der Waals surface area contributed by atoms with Crippen LogP contribution in [0, 0.1) is 23.5 Å². The molecule has 1 saturated carbocycles. The van der Waals surface area contributed by atoms with Crippen LogP contribution in [0.4, 0.5) is 8.78 Å². The van der Waals surface area contributed by atoms with E-state index in [-0.39, 0.29) is 0 Å². The summed E-state index contributed by atoms with van der Waals surface area (Å²) >= 11 is 0. The van der Waals surface area contributed by atoms with Crippen LogP contribution in [0.15, 0.2) is 18.2 Å². The Labute approximate surface area is 108 Å². The molecule has 1 aromatic rings. The number of hydrogen-bond acceptors (Lipinski definition) is 1. The average molecular weight is 253 g/mol. The van der Waals surface area contributed by atoms with Crippen molar-refractivity contribution in [2.75, 3.05) is 6.54 Å². The van der Waals surface area contributed by atoms with Gasteiger partial charge in [-0.1, -0.05) is 13.8 Å². The molecule has 18 heavy (non-hydrogen) atoms. The van der Waals surface area contributed by atoms with Crippen molar-refractivity contribution in [2.24, 2.45) is 11.8 Å². The van der Waals surface area contributed by atoms with Crippen LogP contribution in [-0.2, 0) is 6.42 Å². The third-order valence-corrected chi connectivity index (χ3v) is 3.61. The highest BCUT2D eigenvalue weighted by atomic mass is 19.1. The molecule has 1 aliphatic carbocycles. The van der Waals surface area contributed by atoms with Crippen LogP contribution in [0.1, 0.15) is 32.3 Å². The van der Waals surface area contributed by atoms with E-state index in [1.165, 1.54) is 25.0 Å². The topological polar surface area (TPSA) is 12.0 Å². The van der Waals surface area contributed by atoms with Crippen molar-refractivity contribution in [3.8, 4) is 0 Å². The number of hydrogen-bond donors (Lipinski definition) is 1. The third-order valence-electron chi connectivity index (χ3n) is 3.61. The quantitative estimate of drug-likeness (QED) is 0.817. The lowest BCUT2D eigenvalue weighted by Crippen LogP contribution is -2.29. The second kappa shape index (κ2) is 5.79. The molecule has 1 fully saturated rings. The molecule has 0 aliphatic heterocycles. The van der Waals surface area contributed by atoms with E-state index in [0.717, 1.165) is 24.6 Å². The Kier molecular flexibility index (Phi) is 4.33. The maximum absolute atomic E-state index is 13.1. The van der Waals surface area contributed by atoms with Gasteiger partial charge in [-0.05, 0) is 55.3 Å². The molecule has 0 amide bonds. The van der Waals surface area contributed by atoms with E-state index >= 15 is 0 Å². The van der Waals surface area contributed by atoms with E-state index in [0.29, 0.717) is 17.9 Å². The molecule has 3 heteroatoms. The van der Waals surface area contributed by atoms with Crippen LogP contribution < -0.4 is 5.32 Å². The maximum atomic E-state index is 13.1. The van der Waals surface area contributed by atoms with Gasteiger partial charge in [-0.15, -0.1) is 0 Å². The monoisotopic (exact) mass is 253 g/mol. The van der Waals surface area contributed by atoms with Crippen LogP contribution in [0.3, 0.4) is 0 Å². The Morgan fingerprint density at radius 2 is 1.78 bits per heavy atom. The first-order valence-electron chi connectivity index (χ1n) is 6.73. The van der Waals surface area contributed by atoms with Gasteiger partial charge >= 0.3 is 0 Å². The van der Waals surface area contributed by atoms with Crippen molar-refractivity contribution in [1.29, 1.82) is 0 Å². The third kappa shape index (κ3) is 4.05. The molecule has 1 atom stereocenters. The molecule has 1 aliphatic rings. The second-order valence-electron chi connectivity index (χ2n) is 5.67. The lowest BCUT2D eigenvalue weighted by Gasteiger charge is -2.21. The first-order chi connectivity index (χ1) is 8.54. The van der Waals surface area contributed by atoms with Crippen LogP contribution in [-0.4, -0.2) is 12.6 Å². The Hall–Kier alpha value is -0.960. The Bertz CT molecular complexity index is 379. The fourth-order valence-corrected chi connectivity index (χ4v) is 2.18. The summed E-state index contributed by atoms with van der Waals surface area (Å²) < 4.78 is 26.3. The fraction of sp³-hybridized carbons (Fsp3) is 0.600. The molecule has 1 nitrogen and oxygen atoms in total. The lowest BCUT2D eigenvalue weighted by molar-refractivity contribution is 0.358. The van der Waals surface area contributed by atoms with Gasteiger partial charge in [-0.3, -0.25) is 0 Å².